The third-order valence-electron chi connectivity index (χ3n) is 6.13. The van der Waals surface area contributed by atoms with Gasteiger partial charge < -0.3 is 14.1 Å². The summed E-state index contributed by atoms with van der Waals surface area (Å²) >= 11 is 0. The summed E-state index contributed by atoms with van der Waals surface area (Å²) in [5.74, 6) is 1.54. The number of piperidine rings is 1. The lowest BCUT2D eigenvalue weighted by Gasteiger charge is -2.42. The Morgan fingerprint density at radius 2 is 2.04 bits per heavy atom. The van der Waals surface area contributed by atoms with Crippen molar-refractivity contribution in [2.45, 2.75) is 57.8 Å². The molecule has 1 aliphatic heterocycles. The number of nitriles is 1. The van der Waals surface area contributed by atoms with E-state index in [-0.39, 0.29) is 11.1 Å². The summed E-state index contributed by atoms with van der Waals surface area (Å²) in [7, 11) is -0.208. The molecule has 0 aliphatic carbocycles. The number of methoxy groups -OCH3 is 1. The van der Waals surface area contributed by atoms with Crippen LogP contribution in [0.4, 0.5) is 5.82 Å². The first kappa shape index (κ1) is 20.6. The number of nitrogens with zero attached hydrogens (tertiary/aromatic N) is 3. The largest absolute Gasteiger partial charge is 0.495 e. The lowest BCUT2D eigenvalue weighted by Crippen LogP contribution is -2.49. The second-order valence-electron chi connectivity index (χ2n) is 9.11. The first-order valence-electron chi connectivity index (χ1n) is 9.96. The smallest absolute Gasteiger partial charge is 0.192 e. The number of hydrogen-bond acceptors (Lipinski definition) is 5. The van der Waals surface area contributed by atoms with E-state index in [1.807, 2.05) is 24.4 Å². The van der Waals surface area contributed by atoms with Gasteiger partial charge in [-0.3, -0.25) is 0 Å². The minimum Gasteiger partial charge on any atom is -0.495 e. The van der Waals surface area contributed by atoms with Gasteiger partial charge >= 0.3 is 0 Å². The molecule has 3 rings (SSSR count). The molecule has 150 valence electrons. The summed E-state index contributed by atoms with van der Waals surface area (Å²) in [6.07, 6.45) is 4.23. The zero-order valence-electron chi connectivity index (χ0n) is 17.9. The third-order valence-corrected chi connectivity index (χ3v) is 10.7. The van der Waals surface area contributed by atoms with Crippen molar-refractivity contribution in [2.24, 2.45) is 0 Å². The molecule has 1 atom stereocenters. The van der Waals surface area contributed by atoms with Gasteiger partial charge in [-0.2, -0.15) is 5.26 Å². The van der Waals surface area contributed by atoms with E-state index in [2.05, 4.69) is 49.8 Å². The van der Waals surface area contributed by atoms with Crippen molar-refractivity contribution in [3.05, 3.63) is 30.0 Å². The van der Waals surface area contributed by atoms with E-state index >= 15 is 0 Å². The minimum absolute atomic E-state index is 0.202. The summed E-state index contributed by atoms with van der Waals surface area (Å²) in [5, 5.41) is 11.6. The van der Waals surface area contributed by atoms with Crippen molar-refractivity contribution in [2.75, 3.05) is 25.1 Å². The number of aromatic nitrogens is 1. The number of ether oxygens (including phenoxy) is 1. The van der Waals surface area contributed by atoms with Gasteiger partial charge in [-0.1, -0.05) is 20.8 Å². The second-order valence-corrected chi connectivity index (χ2v) is 13.9. The molecule has 5 nitrogen and oxygen atoms in total. The Morgan fingerprint density at radius 3 is 2.68 bits per heavy atom. The standard InChI is InChI=1S/C22H31N3O2Si/c1-22(2,3)28(5,6)27-18-8-7-11-25(15-18)21-19-13-20(26-4)17(14-23)12-16(19)9-10-24-21/h9-10,12-13,18H,7-8,11,15H2,1-6H3. The Labute approximate surface area is 169 Å². The first-order chi connectivity index (χ1) is 13.2. The van der Waals surface area contributed by atoms with Gasteiger partial charge in [0.1, 0.15) is 17.6 Å². The van der Waals surface area contributed by atoms with Gasteiger partial charge in [0.05, 0.1) is 18.8 Å². The van der Waals surface area contributed by atoms with Crippen LogP contribution in [0.3, 0.4) is 0 Å². The van der Waals surface area contributed by atoms with Crippen LogP contribution in [0, 0.1) is 11.3 Å². The fourth-order valence-electron chi connectivity index (χ4n) is 3.51. The van der Waals surface area contributed by atoms with Gasteiger partial charge in [0.25, 0.3) is 0 Å². The molecule has 0 bridgehead atoms. The Morgan fingerprint density at radius 1 is 1.29 bits per heavy atom. The Bertz CT molecular complexity index is 899. The van der Waals surface area contributed by atoms with Crippen molar-refractivity contribution in [3.63, 3.8) is 0 Å². The SMILES string of the molecule is COc1cc2c(N3CCCC(O[Si](C)(C)C(C)(C)C)C3)nccc2cc1C#N. The maximum Gasteiger partial charge on any atom is 0.192 e. The zero-order chi connectivity index (χ0) is 20.5. The van der Waals surface area contributed by atoms with Crippen LogP contribution in [0.25, 0.3) is 10.8 Å². The molecule has 6 heteroatoms. The van der Waals surface area contributed by atoms with Gasteiger partial charge in [-0.15, -0.1) is 0 Å². The summed E-state index contributed by atoms with van der Waals surface area (Å²) in [6, 6.07) is 7.98. The predicted octanol–water partition coefficient (Wildman–Crippen LogP) is 5.11. The molecule has 0 spiro atoms. The van der Waals surface area contributed by atoms with Gasteiger partial charge in [0.15, 0.2) is 8.32 Å². The van der Waals surface area contributed by atoms with Crippen LogP contribution in [-0.2, 0) is 4.43 Å². The molecule has 2 heterocycles. The highest BCUT2D eigenvalue weighted by Gasteiger charge is 2.40. The van der Waals surface area contributed by atoms with Gasteiger partial charge in [-0.25, -0.2) is 4.98 Å². The second kappa shape index (κ2) is 7.73. The molecular formula is C22H31N3O2Si. The third kappa shape index (κ3) is 4.01. The molecular weight excluding hydrogens is 366 g/mol. The Hall–Kier alpha value is -2.10. The van der Waals surface area contributed by atoms with E-state index in [0.717, 1.165) is 42.5 Å². The Balaban J connectivity index is 1.91. The van der Waals surface area contributed by atoms with Crippen LogP contribution in [0.2, 0.25) is 18.1 Å². The van der Waals surface area contributed by atoms with E-state index in [9.17, 15) is 5.26 Å². The number of hydrogen-bond donors (Lipinski definition) is 0. The molecule has 1 aliphatic rings. The highest BCUT2D eigenvalue weighted by Crippen LogP contribution is 2.39. The summed E-state index contributed by atoms with van der Waals surface area (Å²) in [4.78, 5) is 7.01. The maximum absolute atomic E-state index is 9.37. The number of anilines is 1. The molecule has 28 heavy (non-hydrogen) atoms. The van der Waals surface area contributed by atoms with Crippen molar-refractivity contribution in [1.29, 1.82) is 5.26 Å². The molecule has 0 amide bonds. The van der Waals surface area contributed by atoms with Crippen LogP contribution in [0.1, 0.15) is 39.2 Å². The number of fused-ring (bicyclic) bond motifs is 1. The molecule has 1 aromatic carbocycles. The molecule has 1 saturated heterocycles. The van der Waals surface area contributed by atoms with Crippen LogP contribution < -0.4 is 9.64 Å². The lowest BCUT2D eigenvalue weighted by molar-refractivity contribution is 0.160. The van der Waals surface area contributed by atoms with Crippen LogP contribution in [0.5, 0.6) is 5.75 Å². The van der Waals surface area contributed by atoms with Gasteiger partial charge in [-0.05, 0) is 54.6 Å². The summed E-state index contributed by atoms with van der Waals surface area (Å²) in [6.45, 7) is 13.3. The topological polar surface area (TPSA) is 58.4 Å². The molecule has 1 fully saturated rings. The van der Waals surface area contributed by atoms with Crippen molar-refractivity contribution < 1.29 is 9.16 Å². The van der Waals surface area contributed by atoms with E-state index in [4.69, 9.17) is 9.16 Å². The van der Waals surface area contributed by atoms with E-state index in [0.29, 0.717) is 11.3 Å². The minimum atomic E-state index is -1.81. The van der Waals surface area contributed by atoms with Crippen molar-refractivity contribution in [3.8, 4) is 11.8 Å². The fraction of sp³-hybridized carbons (Fsp3) is 0.545. The normalized spacial score (nSPS) is 18.2. The highest BCUT2D eigenvalue weighted by molar-refractivity contribution is 6.74. The van der Waals surface area contributed by atoms with E-state index < -0.39 is 8.32 Å². The molecule has 0 N–H and O–H groups in total. The van der Waals surface area contributed by atoms with Crippen molar-refractivity contribution >= 4 is 24.9 Å². The number of rotatable bonds is 4. The predicted molar refractivity (Wildman–Crippen MR) is 117 cm³/mol. The fourth-order valence-corrected chi connectivity index (χ4v) is 4.89. The van der Waals surface area contributed by atoms with Crippen LogP contribution >= 0.6 is 0 Å². The molecule has 1 unspecified atom stereocenters. The average molecular weight is 398 g/mol. The molecule has 2 aromatic rings. The summed E-state index contributed by atoms with van der Waals surface area (Å²) < 4.78 is 12.1. The average Bonchev–Trinajstić information content (AvgIpc) is 2.65. The molecule has 0 saturated carbocycles. The summed E-state index contributed by atoms with van der Waals surface area (Å²) in [5.41, 5.74) is 0.546. The lowest BCUT2D eigenvalue weighted by atomic mass is 10.0. The molecule has 0 radical (unpaired) electrons. The Kier molecular flexibility index (Phi) is 5.69. The molecule has 1 aromatic heterocycles. The van der Waals surface area contributed by atoms with Crippen LogP contribution in [-0.4, -0.2) is 39.6 Å². The van der Waals surface area contributed by atoms with Crippen LogP contribution in [0.15, 0.2) is 24.4 Å². The van der Waals surface area contributed by atoms with Crippen molar-refractivity contribution in [1.82, 2.24) is 4.98 Å². The van der Waals surface area contributed by atoms with Gasteiger partial charge in [0, 0.05) is 24.7 Å². The number of benzene rings is 1. The van der Waals surface area contributed by atoms with E-state index in [1.54, 1.807) is 7.11 Å². The number of pyridine rings is 1. The van der Waals surface area contributed by atoms with E-state index in [1.165, 1.54) is 0 Å². The highest BCUT2D eigenvalue weighted by atomic mass is 28.4. The zero-order valence-corrected chi connectivity index (χ0v) is 18.9. The first-order valence-corrected chi connectivity index (χ1v) is 12.9. The monoisotopic (exact) mass is 397 g/mol. The quantitative estimate of drug-likeness (QED) is 0.671. The van der Waals surface area contributed by atoms with Gasteiger partial charge in [0.2, 0.25) is 0 Å². The maximum atomic E-state index is 9.37.